The zero-order valence-corrected chi connectivity index (χ0v) is 7.29. The van der Waals surface area contributed by atoms with E-state index in [4.69, 9.17) is 5.11 Å². The molecule has 0 aliphatic heterocycles. The van der Waals surface area contributed by atoms with Crippen molar-refractivity contribution in [2.45, 2.75) is 19.9 Å². The van der Waals surface area contributed by atoms with Crippen LogP contribution in [0.5, 0.6) is 0 Å². The summed E-state index contributed by atoms with van der Waals surface area (Å²) in [5.74, 6) is -0.919. The van der Waals surface area contributed by atoms with Gasteiger partial charge in [-0.1, -0.05) is 6.58 Å². The van der Waals surface area contributed by atoms with Crippen molar-refractivity contribution in [1.29, 1.82) is 0 Å². The summed E-state index contributed by atoms with van der Waals surface area (Å²) >= 11 is 0. The first-order valence-electron chi connectivity index (χ1n) is 3.56. The fraction of sp³-hybridized carbons (Fsp3) is 0.625. The van der Waals surface area contributed by atoms with E-state index >= 15 is 0 Å². The normalized spacial score (nSPS) is 10.6. The van der Waals surface area contributed by atoms with Gasteiger partial charge in [0, 0.05) is 18.2 Å². The number of carboxylic acid groups (broad SMARTS) is 1. The zero-order chi connectivity index (χ0) is 9.02. The molecule has 0 bridgehead atoms. The highest BCUT2D eigenvalue weighted by Gasteiger charge is 2.09. The Kier molecular flexibility index (Phi) is 3.82. The fourth-order valence-electron chi connectivity index (χ4n) is 0.551. The summed E-state index contributed by atoms with van der Waals surface area (Å²) in [6, 6.07) is 0.353. The van der Waals surface area contributed by atoms with Crippen LogP contribution in [-0.4, -0.2) is 35.6 Å². The first kappa shape index (κ1) is 10.2. The number of hydrogen-bond donors (Lipinski definition) is 1. The molecule has 1 N–H and O–H groups in total. The molecule has 0 fully saturated rings. The van der Waals surface area contributed by atoms with Gasteiger partial charge in [-0.05, 0) is 20.9 Å². The van der Waals surface area contributed by atoms with Gasteiger partial charge in [-0.15, -0.1) is 0 Å². The average Bonchev–Trinajstić information content (AvgIpc) is 1.87. The molecule has 0 atom stereocenters. The number of hydrogen-bond acceptors (Lipinski definition) is 2. The third-order valence-corrected chi connectivity index (χ3v) is 1.62. The van der Waals surface area contributed by atoms with Crippen LogP contribution in [0.1, 0.15) is 13.8 Å². The summed E-state index contributed by atoms with van der Waals surface area (Å²) in [5.41, 5.74) is 0.237. The number of rotatable bonds is 4. The van der Waals surface area contributed by atoms with E-state index in [1.165, 1.54) is 0 Å². The summed E-state index contributed by atoms with van der Waals surface area (Å²) in [6.45, 7) is 7.88. The van der Waals surface area contributed by atoms with Gasteiger partial charge < -0.3 is 5.11 Å². The van der Waals surface area contributed by atoms with Crippen molar-refractivity contribution in [2.75, 3.05) is 13.6 Å². The lowest BCUT2D eigenvalue weighted by molar-refractivity contribution is -0.132. The van der Waals surface area contributed by atoms with E-state index in [-0.39, 0.29) is 5.57 Å². The minimum Gasteiger partial charge on any atom is -0.478 e. The van der Waals surface area contributed by atoms with E-state index in [0.717, 1.165) is 0 Å². The number of carboxylic acids is 1. The first-order chi connectivity index (χ1) is 4.95. The van der Waals surface area contributed by atoms with Crippen LogP contribution in [0.4, 0.5) is 0 Å². The molecule has 0 aromatic carbocycles. The predicted molar refractivity (Wildman–Crippen MR) is 44.5 cm³/mol. The Bertz CT molecular complexity index is 163. The molecule has 0 radical (unpaired) electrons. The van der Waals surface area contributed by atoms with Gasteiger partial charge in [-0.2, -0.15) is 0 Å². The Morgan fingerprint density at radius 2 is 2.09 bits per heavy atom. The second-order valence-corrected chi connectivity index (χ2v) is 2.92. The summed E-state index contributed by atoms with van der Waals surface area (Å²) in [5, 5.41) is 8.49. The molecule has 0 aliphatic rings. The van der Waals surface area contributed by atoms with Crippen molar-refractivity contribution in [2.24, 2.45) is 0 Å². The van der Waals surface area contributed by atoms with Gasteiger partial charge >= 0.3 is 5.97 Å². The van der Waals surface area contributed by atoms with Crippen molar-refractivity contribution < 1.29 is 9.90 Å². The number of aliphatic carboxylic acids is 1. The van der Waals surface area contributed by atoms with Crippen molar-refractivity contribution >= 4 is 5.97 Å². The van der Waals surface area contributed by atoms with Crippen LogP contribution < -0.4 is 0 Å². The molecule has 0 heterocycles. The molecule has 64 valence electrons. The van der Waals surface area contributed by atoms with Gasteiger partial charge in [0.05, 0.1) is 0 Å². The largest absolute Gasteiger partial charge is 0.478 e. The Morgan fingerprint density at radius 1 is 1.64 bits per heavy atom. The van der Waals surface area contributed by atoms with E-state index in [9.17, 15) is 4.79 Å². The van der Waals surface area contributed by atoms with Gasteiger partial charge in [0.25, 0.3) is 0 Å². The Morgan fingerprint density at radius 3 is 2.36 bits per heavy atom. The summed E-state index contributed by atoms with van der Waals surface area (Å²) in [7, 11) is 1.87. The molecule has 0 saturated heterocycles. The summed E-state index contributed by atoms with van der Waals surface area (Å²) in [6.07, 6.45) is 0. The number of carbonyl (C=O) groups is 1. The number of likely N-dealkylation sites (N-methyl/N-ethyl adjacent to an activating group) is 1. The molecule has 3 heteroatoms. The second kappa shape index (κ2) is 4.13. The molecular weight excluding hydrogens is 142 g/mol. The van der Waals surface area contributed by atoms with E-state index in [1.54, 1.807) is 0 Å². The third-order valence-electron chi connectivity index (χ3n) is 1.62. The number of nitrogens with zero attached hydrogens (tertiary/aromatic N) is 1. The molecule has 0 rings (SSSR count). The van der Waals surface area contributed by atoms with Crippen LogP contribution in [0.25, 0.3) is 0 Å². The Hall–Kier alpha value is -0.830. The highest BCUT2D eigenvalue weighted by Crippen LogP contribution is 1.98. The predicted octanol–water partition coefficient (Wildman–Crippen LogP) is 0.967. The Labute approximate surface area is 67.3 Å². The molecule has 3 nitrogen and oxygen atoms in total. The smallest absolute Gasteiger partial charge is 0.332 e. The van der Waals surface area contributed by atoms with Crippen LogP contribution in [0, 0.1) is 0 Å². The third kappa shape index (κ3) is 3.78. The molecule has 0 spiro atoms. The lowest BCUT2D eigenvalue weighted by Gasteiger charge is -2.20. The van der Waals surface area contributed by atoms with Crippen LogP contribution in [-0.2, 0) is 4.79 Å². The molecule has 0 aliphatic carbocycles. The highest BCUT2D eigenvalue weighted by atomic mass is 16.4. The maximum absolute atomic E-state index is 10.3. The fourth-order valence-corrected chi connectivity index (χ4v) is 0.551. The highest BCUT2D eigenvalue weighted by molar-refractivity contribution is 5.86. The van der Waals surface area contributed by atoms with E-state index in [1.807, 2.05) is 25.8 Å². The SMILES string of the molecule is C=C(CN(C)C(C)C)C(=O)O. The van der Waals surface area contributed by atoms with Crippen molar-refractivity contribution in [3.8, 4) is 0 Å². The molecule has 0 amide bonds. The molecule has 0 aromatic rings. The van der Waals surface area contributed by atoms with E-state index in [0.29, 0.717) is 12.6 Å². The maximum atomic E-state index is 10.3. The minimum atomic E-state index is -0.919. The van der Waals surface area contributed by atoms with Gasteiger partial charge in [-0.3, -0.25) is 4.90 Å². The summed E-state index contributed by atoms with van der Waals surface area (Å²) < 4.78 is 0. The van der Waals surface area contributed by atoms with Gasteiger partial charge in [-0.25, -0.2) is 4.79 Å². The van der Waals surface area contributed by atoms with Crippen LogP contribution >= 0.6 is 0 Å². The molecular formula is C8H15NO2. The van der Waals surface area contributed by atoms with E-state index in [2.05, 4.69) is 6.58 Å². The molecule has 0 saturated carbocycles. The minimum absolute atomic E-state index is 0.237. The van der Waals surface area contributed by atoms with Crippen molar-refractivity contribution in [1.82, 2.24) is 4.90 Å². The quantitative estimate of drug-likeness (QED) is 0.618. The van der Waals surface area contributed by atoms with Crippen LogP contribution in [0.15, 0.2) is 12.2 Å². The van der Waals surface area contributed by atoms with Crippen molar-refractivity contribution in [3.05, 3.63) is 12.2 Å². The maximum Gasteiger partial charge on any atom is 0.332 e. The van der Waals surface area contributed by atoms with Crippen LogP contribution in [0.3, 0.4) is 0 Å². The summed E-state index contributed by atoms with van der Waals surface area (Å²) in [4.78, 5) is 12.3. The van der Waals surface area contributed by atoms with Crippen molar-refractivity contribution in [3.63, 3.8) is 0 Å². The molecule has 0 unspecified atom stereocenters. The second-order valence-electron chi connectivity index (χ2n) is 2.92. The first-order valence-corrected chi connectivity index (χ1v) is 3.56. The molecule has 11 heavy (non-hydrogen) atoms. The lowest BCUT2D eigenvalue weighted by Crippen LogP contribution is -2.29. The molecule has 0 aromatic heterocycles. The lowest BCUT2D eigenvalue weighted by atomic mass is 10.2. The Balaban J connectivity index is 3.85. The van der Waals surface area contributed by atoms with Gasteiger partial charge in [0.1, 0.15) is 0 Å². The monoisotopic (exact) mass is 157 g/mol. The van der Waals surface area contributed by atoms with E-state index < -0.39 is 5.97 Å². The average molecular weight is 157 g/mol. The topological polar surface area (TPSA) is 40.5 Å². The van der Waals surface area contributed by atoms with Gasteiger partial charge in [0.2, 0.25) is 0 Å². The standard InChI is InChI=1S/C8H15NO2/c1-6(2)9(4)5-7(3)8(10)11/h6H,3,5H2,1-2,4H3,(H,10,11). The van der Waals surface area contributed by atoms with Crippen LogP contribution in [0.2, 0.25) is 0 Å². The zero-order valence-electron chi connectivity index (χ0n) is 7.29. The van der Waals surface area contributed by atoms with Gasteiger partial charge in [0.15, 0.2) is 0 Å².